The van der Waals surface area contributed by atoms with Gasteiger partial charge >= 0.3 is 12.0 Å². The number of nitrogens with one attached hydrogen (secondary N) is 1. The van der Waals surface area contributed by atoms with Crippen molar-refractivity contribution in [3.63, 3.8) is 0 Å². The highest BCUT2D eigenvalue weighted by molar-refractivity contribution is 5.98. The number of nitrogens with two attached hydrogens (primary N) is 3. The number of nitrogen functional groups attached to an aromatic ring is 2. The van der Waals surface area contributed by atoms with Crippen molar-refractivity contribution in [1.29, 1.82) is 0 Å². The first-order valence-electron chi connectivity index (χ1n) is 5.27. The molecule has 1 aromatic carbocycles. The summed E-state index contributed by atoms with van der Waals surface area (Å²) in [6.07, 6.45) is -1.18. The van der Waals surface area contributed by atoms with E-state index in [-0.39, 0.29) is 5.56 Å². The van der Waals surface area contributed by atoms with Gasteiger partial charge in [-0.25, -0.2) is 9.59 Å². The van der Waals surface area contributed by atoms with Crippen molar-refractivity contribution >= 4 is 29.3 Å². The van der Waals surface area contributed by atoms with Gasteiger partial charge in [-0.2, -0.15) is 0 Å². The Morgan fingerprint density at radius 2 is 1.68 bits per heavy atom. The summed E-state index contributed by atoms with van der Waals surface area (Å²) in [6, 6.07) is 3.16. The van der Waals surface area contributed by atoms with Crippen LogP contribution in [0.4, 0.5) is 16.2 Å². The van der Waals surface area contributed by atoms with Gasteiger partial charge in [0.05, 0.1) is 5.56 Å². The Morgan fingerprint density at radius 1 is 1.16 bits per heavy atom. The number of benzene rings is 1. The summed E-state index contributed by atoms with van der Waals surface area (Å²) in [4.78, 5) is 33.5. The molecule has 1 aromatic rings. The van der Waals surface area contributed by atoms with Crippen LogP contribution in [-0.4, -0.2) is 24.0 Å². The second kappa shape index (κ2) is 5.71. The maximum absolute atomic E-state index is 11.7. The number of amides is 3. The smallest absolute Gasteiger partial charge is 0.339 e. The van der Waals surface area contributed by atoms with Crippen LogP contribution >= 0.6 is 0 Å². The summed E-state index contributed by atoms with van der Waals surface area (Å²) in [6.45, 7) is 1.30. The number of hydrogen-bond acceptors (Lipinski definition) is 6. The van der Waals surface area contributed by atoms with Gasteiger partial charge in [0.1, 0.15) is 0 Å². The van der Waals surface area contributed by atoms with Gasteiger partial charge in [0.25, 0.3) is 5.91 Å². The zero-order chi connectivity index (χ0) is 14.6. The van der Waals surface area contributed by atoms with Gasteiger partial charge in [-0.05, 0) is 25.1 Å². The predicted molar refractivity (Wildman–Crippen MR) is 67.9 cm³/mol. The van der Waals surface area contributed by atoms with Crippen molar-refractivity contribution in [1.82, 2.24) is 5.32 Å². The normalized spacial score (nSPS) is 11.4. The van der Waals surface area contributed by atoms with Crippen molar-refractivity contribution in [3.8, 4) is 0 Å². The van der Waals surface area contributed by atoms with Gasteiger partial charge in [0.15, 0.2) is 6.10 Å². The quantitative estimate of drug-likeness (QED) is 0.431. The number of imide groups is 1. The summed E-state index contributed by atoms with van der Waals surface area (Å²) in [7, 11) is 0. The Hall–Kier alpha value is -2.77. The highest BCUT2D eigenvalue weighted by Gasteiger charge is 2.20. The SMILES string of the molecule is CC(OC(=O)c1cc(N)cc(N)c1)C(=O)NC(N)=O. The third kappa shape index (κ3) is 4.19. The molecule has 0 fully saturated rings. The molecule has 7 N–H and O–H groups in total. The highest BCUT2D eigenvalue weighted by atomic mass is 16.5. The Bertz CT molecular complexity index is 509. The van der Waals surface area contributed by atoms with Gasteiger partial charge < -0.3 is 21.9 Å². The maximum atomic E-state index is 11.7. The van der Waals surface area contributed by atoms with E-state index in [0.29, 0.717) is 11.4 Å². The van der Waals surface area contributed by atoms with E-state index in [9.17, 15) is 14.4 Å². The Kier molecular flexibility index (Phi) is 4.30. The lowest BCUT2D eigenvalue weighted by Crippen LogP contribution is -2.42. The molecule has 0 aromatic heterocycles. The molecule has 102 valence electrons. The Balaban J connectivity index is 2.74. The van der Waals surface area contributed by atoms with Crippen molar-refractivity contribution in [3.05, 3.63) is 23.8 Å². The minimum absolute atomic E-state index is 0.108. The molecule has 1 rings (SSSR count). The molecule has 0 radical (unpaired) electrons. The fraction of sp³-hybridized carbons (Fsp3) is 0.182. The van der Waals surface area contributed by atoms with E-state index in [1.807, 2.05) is 0 Å². The van der Waals surface area contributed by atoms with Gasteiger partial charge in [0.2, 0.25) is 0 Å². The molecule has 3 amide bonds. The molecule has 8 nitrogen and oxygen atoms in total. The zero-order valence-corrected chi connectivity index (χ0v) is 10.2. The fourth-order valence-corrected chi connectivity index (χ4v) is 1.30. The lowest BCUT2D eigenvalue weighted by molar-refractivity contribution is -0.127. The predicted octanol–water partition coefficient (Wildman–Crippen LogP) is -0.409. The molecule has 0 heterocycles. The van der Waals surface area contributed by atoms with Crippen LogP contribution in [0.15, 0.2) is 18.2 Å². The number of esters is 1. The van der Waals surface area contributed by atoms with Crippen LogP contribution in [0.2, 0.25) is 0 Å². The van der Waals surface area contributed by atoms with Crippen LogP contribution < -0.4 is 22.5 Å². The maximum Gasteiger partial charge on any atom is 0.339 e. The van der Waals surface area contributed by atoms with Gasteiger partial charge in [-0.1, -0.05) is 0 Å². The third-order valence-electron chi connectivity index (χ3n) is 2.11. The van der Waals surface area contributed by atoms with Gasteiger partial charge in [-0.3, -0.25) is 10.1 Å². The number of urea groups is 1. The van der Waals surface area contributed by atoms with Crippen LogP contribution in [0.5, 0.6) is 0 Å². The Labute approximate surface area is 108 Å². The number of carbonyl (C=O) groups is 3. The minimum atomic E-state index is -1.18. The molecule has 8 heteroatoms. The van der Waals surface area contributed by atoms with Crippen molar-refractivity contribution in [2.75, 3.05) is 11.5 Å². The van der Waals surface area contributed by atoms with Crippen LogP contribution in [0, 0.1) is 0 Å². The first-order valence-corrected chi connectivity index (χ1v) is 5.27. The topological polar surface area (TPSA) is 151 Å². The zero-order valence-electron chi connectivity index (χ0n) is 10.2. The molecule has 0 spiro atoms. The first-order chi connectivity index (χ1) is 8.79. The average molecular weight is 266 g/mol. The van der Waals surface area contributed by atoms with E-state index in [1.54, 1.807) is 5.32 Å². The van der Waals surface area contributed by atoms with Crippen molar-refractivity contribution in [2.24, 2.45) is 5.73 Å². The lowest BCUT2D eigenvalue weighted by Gasteiger charge is -2.12. The first kappa shape index (κ1) is 14.3. The highest BCUT2D eigenvalue weighted by Crippen LogP contribution is 2.15. The standard InChI is InChI=1S/C11H14N4O4/c1-5(9(16)15-11(14)18)19-10(17)6-2-7(12)4-8(13)3-6/h2-5H,12-13H2,1H3,(H3,14,15,16,18). The van der Waals surface area contributed by atoms with Gasteiger partial charge in [0, 0.05) is 11.4 Å². The van der Waals surface area contributed by atoms with Crippen molar-refractivity contribution in [2.45, 2.75) is 13.0 Å². The van der Waals surface area contributed by atoms with E-state index in [1.165, 1.54) is 25.1 Å². The van der Waals surface area contributed by atoms with E-state index in [2.05, 4.69) is 0 Å². The third-order valence-corrected chi connectivity index (χ3v) is 2.11. The Morgan fingerprint density at radius 3 is 2.16 bits per heavy atom. The lowest BCUT2D eigenvalue weighted by atomic mass is 10.2. The number of primary amides is 1. The van der Waals surface area contributed by atoms with E-state index >= 15 is 0 Å². The molecule has 0 saturated carbocycles. The summed E-state index contributed by atoms with van der Waals surface area (Å²) < 4.78 is 4.84. The van der Waals surface area contributed by atoms with E-state index < -0.39 is 24.0 Å². The summed E-state index contributed by atoms with van der Waals surface area (Å²) in [5, 5.41) is 1.80. The summed E-state index contributed by atoms with van der Waals surface area (Å²) >= 11 is 0. The van der Waals surface area contributed by atoms with Crippen LogP contribution in [-0.2, 0) is 9.53 Å². The second-order valence-electron chi connectivity index (χ2n) is 3.79. The molecule has 1 atom stereocenters. The largest absolute Gasteiger partial charge is 0.449 e. The molecule has 1 unspecified atom stereocenters. The molecule has 19 heavy (non-hydrogen) atoms. The molecular formula is C11H14N4O4. The van der Waals surface area contributed by atoms with Crippen LogP contribution in [0.1, 0.15) is 17.3 Å². The molecule has 0 aliphatic heterocycles. The molecule has 0 aliphatic rings. The van der Waals surface area contributed by atoms with Gasteiger partial charge in [-0.15, -0.1) is 0 Å². The molecule has 0 saturated heterocycles. The number of ether oxygens (including phenoxy) is 1. The van der Waals surface area contributed by atoms with Crippen LogP contribution in [0.25, 0.3) is 0 Å². The monoisotopic (exact) mass is 266 g/mol. The molecular weight excluding hydrogens is 252 g/mol. The van der Waals surface area contributed by atoms with E-state index in [4.69, 9.17) is 21.9 Å². The fourth-order valence-electron chi connectivity index (χ4n) is 1.30. The van der Waals surface area contributed by atoms with E-state index in [0.717, 1.165) is 0 Å². The average Bonchev–Trinajstić information content (AvgIpc) is 2.26. The number of rotatable bonds is 3. The molecule has 0 bridgehead atoms. The van der Waals surface area contributed by atoms with Crippen LogP contribution in [0.3, 0.4) is 0 Å². The number of anilines is 2. The second-order valence-corrected chi connectivity index (χ2v) is 3.79. The summed E-state index contributed by atoms with van der Waals surface area (Å²) in [5.41, 5.74) is 16.5. The number of hydrogen-bond donors (Lipinski definition) is 4. The molecule has 0 aliphatic carbocycles. The minimum Gasteiger partial charge on any atom is -0.449 e. The summed E-state index contributed by atoms with van der Waals surface area (Å²) in [5.74, 6) is -1.61. The number of carbonyl (C=O) groups excluding carboxylic acids is 3. The van der Waals surface area contributed by atoms with Crippen molar-refractivity contribution < 1.29 is 19.1 Å².